The van der Waals surface area contributed by atoms with Gasteiger partial charge in [-0.15, -0.1) is 0 Å². The largest absolute Gasteiger partial charge is 0.352 e. The number of benzene rings is 1. The lowest BCUT2D eigenvalue weighted by atomic mass is 10.1. The third kappa shape index (κ3) is 3.84. The maximum absolute atomic E-state index is 11.8. The molecule has 1 heterocycles. The second kappa shape index (κ2) is 5.69. The predicted molar refractivity (Wildman–Crippen MR) is 75.1 cm³/mol. The molecule has 1 aliphatic heterocycles. The van der Waals surface area contributed by atoms with E-state index in [1.165, 1.54) is 0 Å². The van der Waals surface area contributed by atoms with Crippen LogP contribution in [0.3, 0.4) is 0 Å². The average Bonchev–Trinajstić information content (AvgIpc) is 2.68. The van der Waals surface area contributed by atoms with Gasteiger partial charge >= 0.3 is 0 Å². The van der Waals surface area contributed by atoms with Crippen molar-refractivity contribution in [3.63, 3.8) is 0 Å². The van der Waals surface area contributed by atoms with E-state index in [-0.39, 0.29) is 24.0 Å². The molecule has 0 bridgehead atoms. The van der Waals surface area contributed by atoms with Crippen molar-refractivity contribution in [2.45, 2.75) is 13.0 Å². The summed E-state index contributed by atoms with van der Waals surface area (Å²) in [6.45, 7) is 0.269. The van der Waals surface area contributed by atoms with Crippen LogP contribution in [0, 0.1) is 5.92 Å². The van der Waals surface area contributed by atoms with Gasteiger partial charge in [0.05, 0.1) is 17.4 Å². The maximum atomic E-state index is 11.8. The first-order chi connectivity index (χ1) is 8.87. The van der Waals surface area contributed by atoms with E-state index >= 15 is 0 Å². The van der Waals surface area contributed by atoms with Crippen LogP contribution in [0.15, 0.2) is 18.2 Å². The Morgan fingerprint density at radius 3 is 2.68 bits per heavy atom. The van der Waals surface area contributed by atoms with Gasteiger partial charge in [0.2, 0.25) is 5.91 Å². The molecule has 1 aliphatic rings. The highest BCUT2D eigenvalue weighted by molar-refractivity contribution is 7.91. The van der Waals surface area contributed by atoms with Gasteiger partial charge in [-0.2, -0.15) is 0 Å². The molecule has 2 rings (SSSR count). The highest BCUT2D eigenvalue weighted by Gasteiger charge is 2.32. The summed E-state index contributed by atoms with van der Waals surface area (Å²) in [6, 6.07) is 5.02. The Morgan fingerprint density at radius 1 is 1.37 bits per heavy atom. The number of sulfone groups is 1. The van der Waals surface area contributed by atoms with Crippen LogP contribution in [0.1, 0.15) is 12.0 Å². The molecule has 0 spiro atoms. The number of hydrogen-bond donors (Lipinski definition) is 1. The standard InChI is InChI=1S/C12H13Cl2NO3S/c13-10-2-1-8(11(14)5-10)6-15-12(16)9-3-4-19(17,18)7-9/h1-2,5,9H,3-4,6-7H2,(H,15,16)/t9-/m0/s1. The minimum atomic E-state index is -3.04. The van der Waals surface area contributed by atoms with Crippen molar-refractivity contribution in [2.24, 2.45) is 5.92 Å². The van der Waals surface area contributed by atoms with Gasteiger partial charge in [0, 0.05) is 16.6 Å². The monoisotopic (exact) mass is 321 g/mol. The zero-order valence-electron chi connectivity index (χ0n) is 10.0. The number of carbonyl (C=O) groups excluding carboxylic acids is 1. The summed E-state index contributed by atoms with van der Waals surface area (Å²) in [6.07, 6.45) is 0.391. The number of carbonyl (C=O) groups is 1. The van der Waals surface area contributed by atoms with E-state index in [1.807, 2.05) is 0 Å². The van der Waals surface area contributed by atoms with Gasteiger partial charge in [-0.1, -0.05) is 29.3 Å². The maximum Gasteiger partial charge on any atom is 0.224 e. The van der Waals surface area contributed by atoms with Crippen LogP contribution < -0.4 is 5.32 Å². The second-order valence-corrected chi connectivity index (χ2v) is 7.63. The fourth-order valence-corrected chi connectivity index (χ4v) is 4.21. The zero-order chi connectivity index (χ0) is 14.0. The molecule has 4 nitrogen and oxygen atoms in total. The van der Waals surface area contributed by atoms with Crippen molar-refractivity contribution >= 4 is 38.9 Å². The summed E-state index contributed by atoms with van der Waals surface area (Å²) in [7, 11) is -3.04. The molecule has 0 saturated carbocycles. The first-order valence-electron chi connectivity index (χ1n) is 5.79. The molecule has 1 N–H and O–H groups in total. The fraction of sp³-hybridized carbons (Fsp3) is 0.417. The van der Waals surface area contributed by atoms with E-state index in [0.717, 1.165) is 5.56 Å². The Labute approximate surface area is 122 Å². The summed E-state index contributed by atoms with van der Waals surface area (Å²) >= 11 is 11.8. The molecule has 1 amide bonds. The van der Waals surface area contributed by atoms with E-state index in [9.17, 15) is 13.2 Å². The molecule has 1 aromatic rings. The first kappa shape index (κ1) is 14.6. The summed E-state index contributed by atoms with van der Waals surface area (Å²) in [5.41, 5.74) is 0.750. The Hall–Kier alpha value is -0.780. The van der Waals surface area contributed by atoms with Gasteiger partial charge in [-0.3, -0.25) is 4.79 Å². The lowest BCUT2D eigenvalue weighted by Gasteiger charge is -2.10. The smallest absolute Gasteiger partial charge is 0.224 e. The van der Waals surface area contributed by atoms with Crippen molar-refractivity contribution in [3.8, 4) is 0 Å². The number of rotatable bonds is 3. The summed E-state index contributed by atoms with van der Waals surface area (Å²) in [5.74, 6) is -0.664. The molecule has 19 heavy (non-hydrogen) atoms. The Kier molecular flexibility index (Phi) is 4.38. The minimum absolute atomic E-state index is 0.0623. The molecule has 1 fully saturated rings. The van der Waals surface area contributed by atoms with E-state index in [2.05, 4.69) is 5.32 Å². The van der Waals surface area contributed by atoms with Gasteiger partial charge in [0.1, 0.15) is 0 Å². The first-order valence-corrected chi connectivity index (χ1v) is 8.37. The van der Waals surface area contributed by atoms with Crippen LogP contribution >= 0.6 is 23.2 Å². The quantitative estimate of drug-likeness (QED) is 0.926. The number of hydrogen-bond acceptors (Lipinski definition) is 3. The molecule has 0 radical (unpaired) electrons. The van der Waals surface area contributed by atoms with Crippen molar-refractivity contribution in [2.75, 3.05) is 11.5 Å². The van der Waals surface area contributed by atoms with Crippen LogP contribution in [0.5, 0.6) is 0 Å². The molecular weight excluding hydrogens is 309 g/mol. The average molecular weight is 322 g/mol. The van der Waals surface area contributed by atoms with E-state index in [4.69, 9.17) is 23.2 Å². The lowest BCUT2D eigenvalue weighted by Crippen LogP contribution is -2.31. The molecule has 7 heteroatoms. The predicted octanol–water partition coefficient (Wildman–Crippen LogP) is 2.04. The summed E-state index contributed by atoms with van der Waals surface area (Å²) < 4.78 is 22.6. The summed E-state index contributed by atoms with van der Waals surface area (Å²) in [4.78, 5) is 11.8. The Morgan fingerprint density at radius 2 is 2.11 bits per heavy atom. The van der Waals surface area contributed by atoms with E-state index in [1.54, 1.807) is 18.2 Å². The normalized spacial score (nSPS) is 21.3. The van der Waals surface area contributed by atoms with Crippen LogP contribution in [0.4, 0.5) is 0 Å². The van der Waals surface area contributed by atoms with Gasteiger partial charge in [0.15, 0.2) is 9.84 Å². The molecule has 0 aliphatic carbocycles. The van der Waals surface area contributed by atoms with Crippen LogP contribution in [-0.4, -0.2) is 25.8 Å². The SMILES string of the molecule is O=C(NCc1ccc(Cl)cc1Cl)[C@H]1CCS(=O)(=O)C1. The van der Waals surface area contributed by atoms with Crippen LogP contribution in [0.25, 0.3) is 0 Å². The number of halogens is 2. The van der Waals surface area contributed by atoms with E-state index in [0.29, 0.717) is 16.5 Å². The molecule has 1 atom stereocenters. The number of amides is 1. The van der Waals surface area contributed by atoms with Crippen molar-refractivity contribution in [3.05, 3.63) is 33.8 Å². The third-order valence-corrected chi connectivity index (χ3v) is 5.43. The van der Waals surface area contributed by atoms with Gasteiger partial charge in [-0.05, 0) is 24.1 Å². The molecular formula is C12H13Cl2NO3S. The van der Waals surface area contributed by atoms with Gasteiger partial charge in [-0.25, -0.2) is 8.42 Å². The Bertz CT molecular complexity index is 601. The third-order valence-electron chi connectivity index (χ3n) is 3.07. The van der Waals surface area contributed by atoms with Gasteiger partial charge < -0.3 is 5.32 Å². The van der Waals surface area contributed by atoms with Gasteiger partial charge in [0.25, 0.3) is 0 Å². The molecule has 1 aromatic carbocycles. The zero-order valence-corrected chi connectivity index (χ0v) is 12.4. The van der Waals surface area contributed by atoms with Crippen LogP contribution in [-0.2, 0) is 21.2 Å². The summed E-state index contributed by atoms with van der Waals surface area (Å²) in [5, 5.41) is 3.72. The fourth-order valence-electron chi connectivity index (χ4n) is 1.99. The number of nitrogens with one attached hydrogen (secondary N) is 1. The van der Waals surface area contributed by atoms with Crippen molar-refractivity contribution in [1.82, 2.24) is 5.32 Å². The highest BCUT2D eigenvalue weighted by Crippen LogP contribution is 2.22. The van der Waals surface area contributed by atoms with Crippen LogP contribution in [0.2, 0.25) is 10.0 Å². The van der Waals surface area contributed by atoms with Crippen molar-refractivity contribution < 1.29 is 13.2 Å². The highest BCUT2D eigenvalue weighted by atomic mass is 35.5. The molecule has 104 valence electrons. The minimum Gasteiger partial charge on any atom is -0.352 e. The lowest BCUT2D eigenvalue weighted by molar-refractivity contribution is -0.124. The second-order valence-electron chi connectivity index (χ2n) is 4.55. The van der Waals surface area contributed by atoms with E-state index < -0.39 is 15.8 Å². The molecule has 0 aromatic heterocycles. The Balaban J connectivity index is 1.94. The molecule has 0 unspecified atom stereocenters. The molecule has 1 saturated heterocycles. The topological polar surface area (TPSA) is 63.2 Å². The van der Waals surface area contributed by atoms with Crippen molar-refractivity contribution in [1.29, 1.82) is 0 Å².